The second kappa shape index (κ2) is 11.7. The number of anilines is 1. The van der Waals surface area contributed by atoms with Crippen LogP contribution in [0, 0.1) is 11.3 Å². The highest BCUT2D eigenvalue weighted by atomic mass is 35.5. The molecule has 0 saturated carbocycles. The Labute approximate surface area is 214 Å². The van der Waals surface area contributed by atoms with E-state index >= 15 is 0 Å². The van der Waals surface area contributed by atoms with Crippen LogP contribution in [0.3, 0.4) is 0 Å². The first-order valence-corrected chi connectivity index (χ1v) is 12.1. The number of hydrogen-bond acceptors (Lipinski definition) is 7. The minimum Gasteiger partial charge on any atom is -0.491 e. The van der Waals surface area contributed by atoms with E-state index in [4.69, 9.17) is 38.3 Å². The van der Waals surface area contributed by atoms with Crippen molar-refractivity contribution in [1.82, 2.24) is 9.88 Å². The predicted molar refractivity (Wildman–Crippen MR) is 136 cm³/mol. The first-order chi connectivity index (χ1) is 17.0. The third-order valence-electron chi connectivity index (χ3n) is 6.13. The monoisotopic (exact) mass is 512 g/mol. The number of hydrogen-bond donors (Lipinski definition) is 2. The van der Waals surface area contributed by atoms with Crippen molar-refractivity contribution in [2.24, 2.45) is 0 Å². The molecule has 9 heteroatoms. The molecule has 2 heterocycles. The van der Waals surface area contributed by atoms with Gasteiger partial charge in [0.1, 0.15) is 18.4 Å². The maximum atomic E-state index is 10.2. The van der Waals surface area contributed by atoms with Crippen LogP contribution in [0.1, 0.15) is 28.9 Å². The normalized spacial score (nSPS) is 17.1. The smallest absolute Gasteiger partial charge is 0.121 e. The van der Waals surface area contributed by atoms with Gasteiger partial charge in [-0.3, -0.25) is 9.88 Å². The Balaban J connectivity index is 1.64. The van der Waals surface area contributed by atoms with Crippen LogP contribution in [0.25, 0.3) is 0 Å². The maximum Gasteiger partial charge on any atom is 0.121 e. The van der Waals surface area contributed by atoms with Crippen molar-refractivity contribution in [1.29, 1.82) is 5.26 Å². The van der Waals surface area contributed by atoms with E-state index in [9.17, 15) is 5.11 Å². The van der Waals surface area contributed by atoms with Crippen molar-refractivity contribution >= 4 is 28.9 Å². The lowest BCUT2D eigenvalue weighted by atomic mass is 9.99. The van der Waals surface area contributed by atoms with Crippen LogP contribution in [0.5, 0.6) is 5.75 Å². The summed E-state index contributed by atoms with van der Waals surface area (Å²) in [6, 6.07) is 18.5. The Morgan fingerprint density at radius 1 is 1.09 bits per heavy atom. The lowest BCUT2D eigenvalue weighted by Gasteiger charge is -2.45. The highest BCUT2D eigenvalue weighted by Gasteiger charge is 2.33. The summed E-state index contributed by atoms with van der Waals surface area (Å²) in [5.41, 5.74) is 3.15. The molecular weight excluding hydrogens is 487 g/mol. The fourth-order valence-corrected chi connectivity index (χ4v) is 4.79. The van der Waals surface area contributed by atoms with Gasteiger partial charge in [0, 0.05) is 36.9 Å². The van der Waals surface area contributed by atoms with Crippen molar-refractivity contribution in [3.63, 3.8) is 0 Å². The molecule has 1 fully saturated rings. The summed E-state index contributed by atoms with van der Waals surface area (Å²) in [5, 5.41) is 29.6. The first kappa shape index (κ1) is 25.2. The zero-order valence-electron chi connectivity index (χ0n) is 19.0. The number of halogens is 2. The van der Waals surface area contributed by atoms with Gasteiger partial charge in [-0.25, -0.2) is 0 Å². The molecule has 35 heavy (non-hydrogen) atoms. The molecule has 4 rings (SSSR count). The van der Waals surface area contributed by atoms with E-state index in [2.05, 4.69) is 20.9 Å². The van der Waals surface area contributed by atoms with Gasteiger partial charge >= 0.3 is 0 Å². The van der Waals surface area contributed by atoms with Gasteiger partial charge in [0.25, 0.3) is 0 Å². The van der Waals surface area contributed by atoms with Gasteiger partial charge in [-0.05, 0) is 42.0 Å². The molecule has 3 aromatic rings. The molecule has 0 amide bonds. The van der Waals surface area contributed by atoms with E-state index in [0.717, 1.165) is 16.9 Å². The summed E-state index contributed by atoms with van der Waals surface area (Å²) < 4.78 is 5.50. The van der Waals surface area contributed by atoms with Gasteiger partial charge in [0.2, 0.25) is 0 Å². The van der Waals surface area contributed by atoms with Gasteiger partial charge in [0.15, 0.2) is 0 Å². The van der Waals surface area contributed by atoms with Gasteiger partial charge in [-0.15, -0.1) is 0 Å². The number of ether oxygens (including phenoxy) is 1. The van der Waals surface area contributed by atoms with Crippen LogP contribution in [0.2, 0.25) is 10.0 Å². The van der Waals surface area contributed by atoms with E-state index in [1.807, 2.05) is 36.4 Å². The molecule has 2 atom stereocenters. The molecule has 2 N–H and O–H groups in total. The molecule has 1 aromatic heterocycles. The highest BCUT2D eigenvalue weighted by Crippen LogP contribution is 2.38. The number of aliphatic hydroxyl groups excluding tert-OH is 2. The average molecular weight is 513 g/mol. The lowest BCUT2D eigenvalue weighted by molar-refractivity contribution is 0.100. The number of aliphatic hydroxyl groups is 2. The predicted octanol–water partition coefficient (Wildman–Crippen LogP) is 4.23. The van der Waals surface area contributed by atoms with Crippen molar-refractivity contribution < 1.29 is 14.9 Å². The molecule has 2 aromatic carbocycles. The molecule has 0 bridgehead atoms. The summed E-state index contributed by atoms with van der Waals surface area (Å²) >= 11 is 12.8. The summed E-state index contributed by atoms with van der Waals surface area (Å²) in [6.45, 7) is 2.00. The van der Waals surface area contributed by atoms with Crippen LogP contribution in [-0.4, -0.2) is 59.6 Å². The average Bonchev–Trinajstić information content (AvgIpc) is 2.89. The molecule has 0 aliphatic carbocycles. The van der Waals surface area contributed by atoms with E-state index < -0.39 is 0 Å². The Morgan fingerprint density at radius 2 is 1.89 bits per heavy atom. The number of pyridine rings is 1. The SMILES string of the molecule is N#Cc1ccc(C(CO)N2CCN(c3ccc(OCCO)cc3Cl)[C@H](c3ccc(Cl)cc3)C2)nc1. The Bertz CT molecular complexity index is 1170. The number of aromatic nitrogens is 1. The zero-order valence-corrected chi connectivity index (χ0v) is 20.5. The number of nitriles is 1. The van der Waals surface area contributed by atoms with Gasteiger partial charge in [-0.2, -0.15) is 5.26 Å². The minimum absolute atomic E-state index is 0.0600. The van der Waals surface area contributed by atoms with Crippen molar-refractivity contribution in [3.8, 4) is 11.8 Å². The number of piperazine rings is 1. The number of benzene rings is 2. The van der Waals surface area contributed by atoms with E-state index in [0.29, 0.717) is 41.0 Å². The number of nitrogens with zero attached hydrogens (tertiary/aromatic N) is 4. The second-order valence-electron chi connectivity index (χ2n) is 8.22. The van der Waals surface area contributed by atoms with Crippen LogP contribution in [0.15, 0.2) is 60.8 Å². The molecule has 1 saturated heterocycles. The first-order valence-electron chi connectivity index (χ1n) is 11.3. The fraction of sp³-hybridized carbons (Fsp3) is 0.308. The summed E-state index contributed by atoms with van der Waals surface area (Å²) in [6.07, 6.45) is 1.53. The van der Waals surface area contributed by atoms with Crippen LogP contribution in [-0.2, 0) is 0 Å². The summed E-state index contributed by atoms with van der Waals surface area (Å²) in [7, 11) is 0. The van der Waals surface area contributed by atoms with Crippen LogP contribution in [0.4, 0.5) is 5.69 Å². The molecule has 182 valence electrons. The maximum absolute atomic E-state index is 10.2. The standard InChI is InChI=1S/C26H26Cl2N4O3/c27-20-4-2-19(3-5-20)25-16-31(26(17-34)23-7-1-18(14-29)15-30-23)9-10-32(25)24-8-6-21(13-22(24)28)35-12-11-33/h1-8,13,15,25-26,33-34H,9-12,16-17H2/t25-,26?/m0/s1. The minimum atomic E-state index is -0.301. The van der Waals surface area contributed by atoms with E-state index in [1.54, 1.807) is 18.2 Å². The van der Waals surface area contributed by atoms with Crippen molar-refractivity contribution in [2.45, 2.75) is 12.1 Å². The molecule has 1 aliphatic rings. The van der Waals surface area contributed by atoms with Gasteiger partial charge in [0.05, 0.1) is 47.3 Å². The largest absolute Gasteiger partial charge is 0.491 e. The third-order valence-corrected chi connectivity index (χ3v) is 6.68. The van der Waals surface area contributed by atoms with Crippen molar-refractivity contribution in [3.05, 3.63) is 87.7 Å². The van der Waals surface area contributed by atoms with Crippen LogP contribution < -0.4 is 9.64 Å². The zero-order chi connectivity index (χ0) is 24.8. The molecule has 0 radical (unpaired) electrons. The Kier molecular flexibility index (Phi) is 8.45. The Hall–Kier alpha value is -2.86. The third kappa shape index (κ3) is 5.87. The highest BCUT2D eigenvalue weighted by molar-refractivity contribution is 6.33. The molecule has 7 nitrogen and oxygen atoms in total. The van der Waals surface area contributed by atoms with Gasteiger partial charge in [-0.1, -0.05) is 35.3 Å². The van der Waals surface area contributed by atoms with E-state index in [1.165, 1.54) is 6.20 Å². The quantitative estimate of drug-likeness (QED) is 0.466. The summed E-state index contributed by atoms with van der Waals surface area (Å²) in [4.78, 5) is 8.88. The van der Waals surface area contributed by atoms with Gasteiger partial charge < -0.3 is 19.8 Å². The van der Waals surface area contributed by atoms with E-state index in [-0.39, 0.29) is 31.9 Å². The second-order valence-corrected chi connectivity index (χ2v) is 9.07. The molecule has 1 unspecified atom stereocenters. The molecule has 1 aliphatic heterocycles. The topological polar surface area (TPSA) is 92.9 Å². The molecular formula is C26H26Cl2N4O3. The Morgan fingerprint density at radius 3 is 2.51 bits per heavy atom. The van der Waals surface area contributed by atoms with Crippen LogP contribution >= 0.6 is 23.2 Å². The van der Waals surface area contributed by atoms with Crippen molar-refractivity contribution in [2.75, 3.05) is 44.4 Å². The lowest BCUT2D eigenvalue weighted by Crippen LogP contribution is -2.50. The fourth-order valence-electron chi connectivity index (χ4n) is 4.38. The molecule has 0 spiro atoms. The number of rotatable bonds is 8. The summed E-state index contributed by atoms with van der Waals surface area (Å²) in [5.74, 6) is 0.599.